The summed E-state index contributed by atoms with van der Waals surface area (Å²) in [4.78, 5) is 0. The summed E-state index contributed by atoms with van der Waals surface area (Å²) in [6.45, 7) is 2.64. The van der Waals surface area contributed by atoms with Crippen molar-refractivity contribution in [1.29, 1.82) is 0 Å². The lowest BCUT2D eigenvalue weighted by atomic mass is 9.96. The van der Waals surface area contributed by atoms with E-state index in [1.54, 1.807) is 0 Å². The Bertz CT molecular complexity index is 683. The van der Waals surface area contributed by atoms with Gasteiger partial charge in [-0.3, -0.25) is 0 Å². The number of fused-ring (bicyclic) bond motifs is 1. The molecule has 1 aliphatic rings. The second kappa shape index (κ2) is 5.88. The van der Waals surface area contributed by atoms with E-state index in [2.05, 4.69) is 0 Å². The van der Waals surface area contributed by atoms with Crippen molar-refractivity contribution in [3.63, 3.8) is 0 Å². The Morgan fingerprint density at radius 1 is 1.19 bits per heavy atom. The highest BCUT2D eigenvalue weighted by molar-refractivity contribution is 6.31. The maximum atomic E-state index is 10.5. The number of benzene rings is 2. The zero-order valence-electron chi connectivity index (χ0n) is 11.7. The van der Waals surface area contributed by atoms with E-state index in [-0.39, 0.29) is 0 Å². The number of ether oxygens (including phenoxy) is 1. The molecular weight excluding hydrogens is 307 g/mol. The van der Waals surface area contributed by atoms with Gasteiger partial charge in [-0.2, -0.15) is 0 Å². The molecule has 0 aromatic heterocycles. The van der Waals surface area contributed by atoms with Gasteiger partial charge in [-0.15, -0.1) is 0 Å². The molecular formula is C17H16Cl2O2. The average Bonchev–Trinajstić information content (AvgIpc) is 2.89. The smallest absolute Gasteiger partial charge is 0.126 e. The van der Waals surface area contributed by atoms with Gasteiger partial charge in [0.05, 0.1) is 12.7 Å². The quantitative estimate of drug-likeness (QED) is 0.900. The molecule has 0 bridgehead atoms. The summed E-state index contributed by atoms with van der Waals surface area (Å²) < 4.78 is 5.68. The van der Waals surface area contributed by atoms with E-state index < -0.39 is 6.10 Å². The minimum atomic E-state index is -0.629. The number of aliphatic hydroxyl groups excluding tert-OH is 1. The topological polar surface area (TPSA) is 29.5 Å². The van der Waals surface area contributed by atoms with E-state index in [1.807, 2.05) is 37.3 Å². The van der Waals surface area contributed by atoms with Crippen molar-refractivity contribution in [3.8, 4) is 5.75 Å². The normalized spacial score (nSPS) is 14.7. The third-order valence-corrected chi connectivity index (χ3v) is 4.29. The second-order valence-electron chi connectivity index (χ2n) is 5.37. The van der Waals surface area contributed by atoms with Crippen LogP contribution in [0.1, 0.15) is 28.4 Å². The Kier molecular flexibility index (Phi) is 4.12. The van der Waals surface area contributed by atoms with Gasteiger partial charge in [0.2, 0.25) is 0 Å². The highest BCUT2D eigenvalue weighted by atomic mass is 35.5. The number of hydrogen-bond acceptors (Lipinski definition) is 2. The van der Waals surface area contributed by atoms with Crippen LogP contribution in [0, 0.1) is 6.92 Å². The lowest BCUT2D eigenvalue weighted by Crippen LogP contribution is -2.05. The first kappa shape index (κ1) is 14.7. The maximum Gasteiger partial charge on any atom is 0.126 e. The van der Waals surface area contributed by atoms with Gasteiger partial charge < -0.3 is 9.84 Å². The van der Waals surface area contributed by atoms with Crippen LogP contribution >= 0.6 is 23.2 Å². The van der Waals surface area contributed by atoms with Crippen LogP contribution in [0.2, 0.25) is 10.0 Å². The van der Waals surface area contributed by atoms with E-state index in [0.29, 0.717) is 23.1 Å². The molecule has 0 saturated heterocycles. The molecule has 1 N–H and O–H groups in total. The van der Waals surface area contributed by atoms with E-state index in [9.17, 15) is 5.11 Å². The molecule has 4 heteroatoms. The lowest BCUT2D eigenvalue weighted by molar-refractivity contribution is 0.176. The molecule has 3 rings (SSSR count). The predicted octanol–water partition coefficient (Wildman–Crippen LogP) is 4.51. The number of halogens is 2. The monoisotopic (exact) mass is 322 g/mol. The van der Waals surface area contributed by atoms with E-state index in [1.165, 1.54) is 0 Å². The van der Waals surface area contributed by atoms with Crippen molar-refractivity contribution >= 4 is 23.2 Å². The summed E-state index contributed by atoms with van der Waals surface area (Å²) in [5, 5.41) is 11.9. The first-order valence-corrected chi connectivity index (χ1v) is 7.68. The van der Waals surface area contributed by atoms with Crippen LogP contribution in [-0.2, 0) is 12.8 Å². The average molecular weight is 323 g/mol. The summed E-state index contributed by atoms with van der Waals surface area (Å²) in [7, 11) is 0. The molecule has 1 atom stereocenters. The molecule has 21 heavy (non-hydrogen) atoms. The molecule has 2 nitrogen and oxygen atoms in total. The van der Waals surface area contributed by atoms with E-state index in [4.69, 9.17) is 27.9 Å². The van der Waals surface area contributed by atoms with Gasteiger partial charge in [0.1, 0.15) is 5.75 Å². The lowest BCUT2D eigenvalue weighted by Gasteiger charge is -2.16. The number of aliphatic hydroxyl groups is 1. The van der Waals surface area contributed by atoms with Gasteiger partial charge in [0.15, 0.2) is 0 Å². The molecule has 2 aromatic rings. The Balaban J connectivity index is 1.92. The first-order valence-electron chi connectivity index (χ1n) is 6.93. The van der Waals surface area contributed by atoms with Crippen LogP contribution in [0.4, 0.5) is 0 Å². The summed E-state index contributed by atoms with van der Waals surface area (Å²) >= 11 is 12.2. The summed E-state index contributed by atoms with van der Waals surface area (Å²) in [6.07, 6.45) is 0.703. The van der Waals surface area contributed by atoms with Gasteiger partial charge >= 0.3 is 0 Å². The molecule has 110 valence electrons. The fourth-order valence-corrected chi connectivity index (χ4v) is 3.23. The number of aryl methyl sites for hydroxylation is 1. The van der Waals surface area contributed by atoms with Gasteiger partial charge in [0.25, 0.3) is 0 Å². The molecule has 2 aromatic carbocycles. The van der Waals surface area contributed by atoms with E-state index in [0.717, 1.165) is 34.4 Å². The van der Waals surface area contributed by atoms with Crippen LogP contribution in [0.25, 0.3) is 0 Å². The highest BCUT2D eigenvalue weighted by Gasteiger charge is 2.21. The van der Waals surface area contributed by atoms with Crippen molar-refractivity contribution in [2.45, 2.75) is 25.9 Å². The maximum absolute atomic E-state index is 10.5. The minimum Gasteiger partial charge on any atom is -0.493 e. The van der Waals surface area contributed by atoms with Crippen LogP contribution in [-0.4, -0.2) is 11.7 Å². The first-order chi connectivity index (χ1) is 10.0. The third kappa shape index (κ3) is 3.03. The molecule has 0 spiro atoms. The molecule has 1 heterocycles. The Labute approximate surface area is 134 Å². The van der Waals surface area contributed by atoms with Crippen molar-refractivity contribution in [2.75, 3.05) is 6.61 Å². The van der Waals surface area contributed by atoms with Gasteiger partial charge in [-0.1, -0.05) is 29.3 Å². The van der Waals surface area contributed by atoms with Gasteiger partial charge in [0, 0.05) is 22.9 Å². The van der Waals surface area contributed by atoms with Crippen LogP contribution in [0.3, 0.4) is 0 Å². The molecule has 1 aliphatic heterocycles. The SMILES string of the molecule is Cc1ccc(Cl)cc1C(O)Cc1cc(Cl)cc2c1OCC2. The zero-order chi connectivity index (χ0) is 15.0. The Morgan fingerprint density at radius 2 is 2.00 bits per heavy atom. The second-order valence-corrected chi connectivity index (χ2v) is 6.25. The Morgan fingerprint density at radius 3 is 2.81 bits per heavy atom. The highest BCUT2D eigenvalue weighted by Crippen LogP contribution is 2.36. The van der Waals surface area contributed by atoms with Gasteiger partial charge in [-0.05, 0) is 53.4 Å². The standard InChI is InChI=1S/C17H16Cl2O2/c1-10-2-3-13(18)9-15(10)16(20)8-12-7-14(19)6-11-4-5-21-17(11)12/h2-3,6-7,9,16,20H,4-5,8H2,1H3. The van der Waals surface area contributed by atoms with Crippen molar-refractivity contribution < 1.29 is 9.84 Å². The third-order valence-electron chi connectivity index (χ3n) is 3.84. The van der Waals surface area contributed by atoms with Crippen molar-refractivity contribution in [1.82, 2.24) is 0 Å². The largest absolute Gasteiger partial charge is 0.493 e. The molecule has 0 saturated carbocycles. The number of hydrogen-bond donors (Lipinski definition) is 1. The minimum absolute atomic E-state index is 0.462. The van der Waals surface area contributed by atoms with Crippen molar-refractivity contribution in [3.05, 3.63) is 62.6 Å². The summed E-state index contributed by atoms with van der Waals surface area (Å²) in [6, 6.07) is 9.36. The molecule has 0 radical (unpaired) electrons. The zero-order valence-corrected chi connectivity index (χ0v) is 13.2. The van der Waals surface area contributed by atoms with Crippen LogP contribution in [0.15, 0.2) is 30.3 Å². The number of rotatable bonds is 3. The summed E-state index contributed by atoms with van der Waals surface area (Å²) in [5.74, 6) is 0.873. The van der Waals surface area contributed by atoms with Crippen LogP contribution in [0.5, 0.6) is 5.75 Å². The predicted molar refractivity (Wildman–Crippen MR) is 85.5 cm³/mol. The molecule has 0 aliphatic carbocycles. The van der Waals surface area contributed by atoms with Crippen LogP contribution < -0.4 is 4.74 Å². The van der Waals surface area contributed by atoms with Crippen molar-refractivity contribution in [2.24, 2.45) is 0 Å². The summed E-state index contributed by atoms with van der Waals surface area (Å²) in [5.41, 5.74) is 3.93. The van der Waals surface area contributed by atoms with Gasteiger partial charge in [-0.25, -0.2) is 0 Å². The molecule has 0 fully saturated rings. The fourth-order valence-electron chi connectivity index (χ4n) is 2.79. The fraction of sp³-hybridized carbons (Fsp3) is 0.294. The molecule has 1 unspecified atom stereocenters. The Hall–Kier alpha value is -1.22. The van der Waals surface area contributed by atoms with E-state index >= 15 is 0 Å². The molecule has 0 amide bonds.